The highest BCUT2D eigenvalue weighted by Crippen LogP contribution is 2.16. The van der Waals surface area contributed by atoms with Crippen LogP contribution in [0.4, 0.5) is 13.2 Å². The number of hydrogen-bond donors (Lipinski definition) is 0. The van der Waals surface area contributed by atoms with Gasteiger partial charge in [0.25, 0.3) is 0 Å². The van der Waals surface area contributed by atoms with Gasteiger partial charge in [0.1, 0.15) is 5.75 Å². The van der Waals surface area contributed by atoms with E-state index in [0.29, 0.717) is 12.0 Å². The van der Waals surface area contributed by atoms with Crippen molar-refractivity contribution in [1.29, 1.82) is 0 Å². The number of benzene rings is 1. The molecule has 13 heavy (non-hydrogen) atoms. The van der Waals surface area contributed by atoms with Crippen molar-refractivity contribution in [2.45, 2.75) is 6.18 Å². The van der Waals surface area contributed by atoms with E-state index in [1.807, 2.05) is 0 Å². The van der Waals surface area contributed by atoms with Gasteiger partial charge in [-0.25, -0.2) is 0 Å². The number of rotatable bonds is 2. The number of alkyl halides is 3. The van der Waals surface area contributed by atoms with E-state index in [-0.39, 0.29) is 6.08 Å². The van der Waals surface area contributed by atoms with Crippen molar-refractivity contribution in [1.82, 2.24) is 0 Å². The Kier molecular flexibility index (Phi) is 2.95. The van der Waals surface area contributed by atoms with Crippen LogP contribution in [0.2, 0.25) is 0 Å². The first-order valence-corrected chi connectivity index (χ1v) is 3.54. The zero-order valence-electron chi connectivity index (χ0n) is 6.58. The van der Waals surface area contributed by atoms with Crippen molar-refractivity contribution < 1.29 is 17.9 Å². The minimum absolute atomic E-state index is 0.0417. The molecule has 0 N–H and O–H groups in total. The number of halogens is 3. The fraction of sp³-hybridized carbons (Fsp3) is 0.111. The van der Waals surface area contributed by atoms with E-state index >= 15 is 0 Å². The highest BCUT2D eigenvalue weighted by molar-refractivity contribution is 5.21. The van der Waals surface area contributed by atoms with E-state index in [1.165, 1.54) is 0 Å². The minimum Gasteiger partial charge on any atom is -0.465 e. The van der Waals surface area contributed by atoms with E-state index in [2.05, 4.69) is 4.74 Å². The first-order valence-electron chi connectivity index (χ1n) is 3.54. The molecule has 0 fully saturated rings. The Morgan fingerprint density at radius 1 is 1.08 bits per heavy atom. The molecule has 1 aromatic carbocycles. The summed E-state index contributed by atoms with van der Waals surface area (Å²) in [6.07, 6.45) is -3.66. The standard InChI is InChI=1S/C9H7F3O/c10-9(11,12)6-7-13-8-4-2-1-3-5-8/h1-7H. The summed E-state index contributed by atoms with van der Waals surface area (Å²) >= 11 is 0. The lowest BCUT2D eigenvalue weighted by atomic mass is 10.3. The minimum atomic E-state index is -4.32. The molecule has 0 aliphatic carbocycles. The summed E-state index contributed by atoms with van der Waals surface area (Å²) in [5, 5.41) is 0. The van der Waals surface area contributed by atoms with Gasteiger partial charge in [-0.3, -0.25) is 0 Å². The first-order chi connectivity index (χ1) is 6.08. The fourth-order valence-corrected chi connectivity index (χ4v) is 0.689. The monoisotopic (exact) mass is 188 g/mol. The summed E-state index contributed by atoms with van der Waals surface area (Å²) in [6, 6.07) is 8.25. The zero-order chi connectivity index (χ0) is 9.73. The van der Waals surface area contributed by atoms with Crippen LogP contribution >= 0.6 is 0 Å². The van der Waals surface area contributed by atoms with Crippen LogP contribution in [0.3, 0.4) is 0 Å². The third kappa shape index (κ3) is 4.20. The molecule has 0 radical (unpaired) electrons. The third-order valence-electron chi connectivity index (χ3n) is 1.20. The molecule has 0 atom stereocenters. The van der Waals surface area contributed by atoms with E-state index < -0.39 is 6.18 Å². The maximum atomic E-state index is 11.6. The van der Waals surface area contributed by atoms with Crippen LogP contribution in [0.15, 0.2) is 42.7 Å². The Labute approximate surface area is 73.4 Å². The van der Waals surface area contributed by atoms with Crippen LogP contribution in [0, 0.1) is 0 Å². The summed E-state index contributed by atoms with van der Waals surface area (Å²) in [6.45, 7) is 0. The molecule has 0 amide bonds. The van der Waals surface area contributed by atoms with Gasteiger partial charge >= 0.3 is 6.18 Å². The van der Waals surface area contributed by atoms with Gasteiger partial charge in [0, 0.05) is 0 Å². The smallest absolute Gasteiger partial charge is 0.412 e. The first kappa shape index (κ1) is 9.64. The molecule has 1 nitrogen and oxygen atoms in total. The van der Waals surface area contributed by atoms with E-state index in [4.69, 9.17) is 0 Å². The van der Waals surface area contributed by atoms with E-state index in [0.717, 1.165) is 0 Å². The SMILES string of the molecule is FC(F)(F)C=COc1ccccc1. The quantitative estimate of drug-likeness (QED) is 0.648. The molecular weight excluding hydrogens is 181 g/mol. The Hall–Kier alpha value is -1.45. The van der Waals surface area contributed by atoms with Crippen molar-refractivity contribution in [3.63, 3.8) is 0 Å². The molecule has 0 saturated heterocycles. The molecule has 0 spiro atoms. The molecule has 0 unspecified atom stereocenters. The molecule has 70 valence electrons. The Balaban J connectivity index is 2.49. The number of hydrogen-bond acceptors (Lipinski definition) is 1. The van der Waals surface area contributed by atoms with Crippen molar-refractivity contribution in [3.8, 4) is 5.75 Å². The molecule has 4 heteroatoms. The second kappa shape index (κ2) is 3.98. The van der Waals surface area contributed by atoms with Gasteiger partial charge in [-0.2, -0.15) is 13.2 Å². The lowest BCUT2D eigenvalue weighted by Gasteiger charge is -2.00. The summed E-state index contributed by atoms with van der Waals surface area (Å²) in [4.78, 5) is 0. The lowest BCUT2D eigenvalue weighted by molar-refractivity contribution is -0.0809. The van der Waals surface area contributed by atoms with Crippen molar-refractivity contribution >= 4 is 0 Å². The number of ether oxygens (including phenoxy) is 1. The van der Waals surface area contributed by atoms with Crippen LogP contribution in [-0.4, -0.2) is 6.18 Å². The van der Waals surface area contributed by atoms with Crippen molar-refractivity contribution in [2.75, 3.05) is 0 Å². The number of para-hydroxylation sites is 1. The van der Waals surface area contributed by atoms with Gasteiger partial charge in [-0.1, -0.05) is 18.2 Å². The predicted molar refractivity (Wildman–Crippen MR) is 42.3 cm³/mol. The largest absolute Gasteiger partial charge is 0.465 e. The fourth-order valence-electron chi connectivity index (χ4n) is 0.689. The summed E-state index contributed by atoms with van der Waals surface area (Å²) < 4.78 is 39.5. The highest BCUT2D eigenvalue weighted by atomic mass is 19.4. The van der Waals surface area contributed by atoms with Gasteiger partial charge < -0.3 is 4.74 Å². The molecule has 0 heterocycles. The van der Waals surface area contributed by atoms with Gasteiger partial charge in [0.05, 0.1) is 12.3 Å². The van der Waals surface area contributed by atoms with Crippen molar-refractivity contribution in [3.05, 3.63) is 42.7 Å². The Morgan fingerprint density at radius 3 is 2.23 bits per heavy atom. The van der Waals surface area contributed by atoms with E-state index in [1.54, 1.807) is 30.3 Å². The summed E-state index contributed by atoms with van der Waals surface area (Å²) in [5.41, 5.74) is 0. The molecule has 0 bridgehead atoms. The average molecular weight is 188 g/mol. The maximum Gasteiger partial charge on any atom is 0.412 e. The van der Waals surface area contributed by atoms with Crippen LogP contribution in [0.1, 0.15) is 0 Å². The maximum absolute atomic E-state index is 11.6. The van der Waals surface area contributed by atoms with Crippen LogP contribution in [0.5, 0.6) is 5.75 Å². The Morgan fingerprint density at radius 2 is 1.69 bits per heavy atom. The average Bonchev–Trinajstić information content (AvgIpc) is 2.04. The Bertz CT molecular complexity index is 277. The van der Waals surface area contributed by atoms with Crippen LogP contribution < -0.4 is 4.74 Å². The van der Waals surface area contributed by atoms with Gasteiger partial charge in [0.15, 0.2) is 0 Å². The normalized spacial score (nSPS) is 11.9. The van der Waals surface area contributed by atoms with Crippen molar-refractivity contribution in [2.24, 2.45) is 0 Å². The number of allylic oxidation sites excluding steroid dienone is 1. The predicted octanol–water partition coefficient (Wildman–Crippen LogP) is 3.14. The van der Waals surface area contributed by atoms with Crippen LogP contribution in [-0.2, 0) is 0 Å². The van der Waals surface area contributed by atoms with Crippen LogP contribution in [0.25, 0.3) is 0 Å². The highest BCUT2D eigenvalue weighted by Gasteiger charge is 2.22. The topological polar surface area (TPSA) is 9.23 Å². The molecule has 1 aromatic rings. The molecule has 0 aliphatic rings. The zero-order valence-corrected chi connectivity index (χ0v) is 6.58. The summed E-state index contributed by atoms with van der Waals surface area (Å²) in [5.74, 6) is 0.378. The molecule has 0 aliphatic heterocycles. The van der Waals surface area contributed by atoms with Gasteiger partial charge in [-0.15, -0.1) is 0 Å². The second-order valence-electron chi connectivity index (χ2n) is 2.28. The summed E-state index contributed by atoms with van der Waals surface area (Å²) in [7, 11) is 0. The second-order valence-corrected chi connectivity index (χ2v) is 2.28. The molecule has 1 rings (SSSR count). The van der Waals surface area contributed by atoms with Gasteiger partial charge in [0.2, 0.25) is 0 Å². The molecule has 0 saturated carbocycles. The van der Waals surface area contributed by atoms with E-state index in [9.17, 15) is 13.2 Å². The molecular formula is C9H7F3O. The van der Waals surface area contributed by atoms with Gasteiger partial charge in [-0.05, 0) is 12.1 Å². The third-order valence-corrected chi connectivity index (χ3v) is 1.20. The lowest BCUT2D eigenvalue weighted by Crippen LogP contribution is -2.01. The molecule has 0 aromatic heterocycles.